The minimum absolute atomic E-state index is 0.0253. The maximum Gasteiger partial charge on any atom is 0.326 e. The number of carboxylic acids is 1. The number of aliphatic carboxylic acids is 1. The molecule has 0 saturated heterocycles. The van der Waals surface area contributed by atoms with Crippen molar-refractivity contribution in [3.05, 3.63) is 138 Å². The first-order valence-corrected chi connectivity index (χ1v) is 16.1. The van der Waals surface area contributed by atoms with Gasteiger partial charge in [0.2, 0.25) is 23.6 Å². The highest BCUT2D eigenvalue weighted by molar-refractivity contribution is 5.95. The summed E-state index contributed by atoms with van der Waals surface area (Å²) < 4.78 is 0. The van der Waals surface area contributed by atoms with Crippen molar-refractivity contribution in [2.75, 3.05) is 6.54 Å². The Labute approximate surface area is 290 Å². The molecule has 12 nitrogen and oxygen atoms in total. The van der Waals surface area contributed by atoms with Crippen LogP contribution < -0.4 is 27.0 Å². The van der Waals surface area contributed by atoms with Crippen molar-refractivity contribution in [2.45, 2.75) is 49.9 Å². The third-order valence-electron chi connectivity index (χ3n) is 7.94. The van der Waals surface area contributed by atoms with Gasteiger partial charge >= 0.3 is 5.97 Å². The van der Waals surface area contributed by atoms with E-state index in [1.54, 1.807) is 97.1 Å². The van der Waals surface area contributed by atoms with E-state index in [1.165, 1.54) is 12.1 Å². The second-order valence-electron chi connectivity index (χ2n) is 11.8. The molecular formula is C38H41N5O7. The molecule has 0 bridgehead atoms. The third kappa shape index (κ3) is 11.6. The monoisotopic (exact) mass is 679 g/mol. The molecule has 0 spiro atoms. The average molecular weight is 680 g/mol. The second kappa shape index (κ2) is 18.5. The van der Waals surface area contributed by atoms with Crippen LogP contribution in [0.25, 0.3) is 0 Å². The number of benzene rings is 4. The predicted molar refractivity (Wildman–Crippen MR) is 187 cm³/mol. The number of carbonyl (C=O) groups is 5. The van der Waals surface area contributed by atoms with Gasteiger partial charge in [0.05, 0.1) is 6.54 Å². The molecule has 0 aliphatic heterocycles. The van der Waals surface area contributed by atoms with Crippen LogP contribution in [0.5, 0.6) is 5.75 Å². The van der Waals surface area contributed by atoms with Crippen molar-refractivity contribution < 1.29 is 34.2 Å². The number of aromatic hydroxyl groups is 1. The average Bonchev–Trinajstić information content (AvgIpc) is 3.12. The van der Waals surface area contributed by atoms with Crippen LogP contribution in [0.15, 0.2) is 115 Å². The first-order chi connectivity index (χ1) is 24.1. The van der Waals surface area contributed by atoms with Gasteiger partial charge in [-0.25, -0.2) is 4.79 Å². The minimum atomic E-state index is -1.27. The lowest BCUT2D eigenvalue weighted by Crippen LogP contribution is -2.59. The molecule has 0 saturated carbocycles. The predicted octanol–water partition coefficient (Wildman–Crippen LogP) is 1.65. The summed E-state index contributed by atoms with van der Waals surface area (Å²) in [6.07, 6.45) is 0.144. The summed E-state index contributed by atoms with van der Waals surface area (Å²) in [5.41, 5.74) is 8.28. The van der Waals surface area contributed by atoms with Gasteiger partial charge in [-0.05, 0) is 34.4 Å². The lowest BCUT2D eigenvalue weighted by atomic mass is 10.0. The van der Waals surface area contributed by atoms with Gasteiger partial charge in [-0.15, -0.1) is 0 Å². The molecule has 0 aliphatic rings. The topological polar surface area (TPSA) is 200 Å². The zero-order valence-corrected chi connectivity index (χ0v) is 27.3. The smallest absolute Gasteiger partial charge is 0.326 e. The molecule has 0 unspecified atom stereocenters. The van der Waals surface area contributed by atoms with Crippen LogP contribution in [0.4, 0.5) is 0 Å². The highest BCUT2D eigenvalue weighted by Gasteiger charge is 2.32. The Morgan fingerprint density at radius 2 is 0.800 bits per heavy atom. The zero-order chi connectivity index (χ0) is 35.9. The summed E-state index contributed by atoms with van der Waals surface area (Å²) in [6, 6.07) is 28.0. The van der Waals surface area contributed by atoms with E-state index in [2.05, 4.69) is 21.3 Å². The Balaban J connectivity index is 1.59. The van der Waals surface area contributed by atoms with Crippen molar-refractivity contribution in [1.82, 2.24) is 21.3 Å². The molecule has 4 aromatic carbocycles. The first-order valence-electron chi connectivity index (χ1n) is 16.1. The Hall–Kier alpha value is -6.01. The lowest BCUT2D eigenvalue weighted by molar-refractivity contribution is -0.142. The molecule has 4 rings (SSSR count). The summed E-state index contributed by atoms with van der Waals surface area (Å²) in [5, 5.41) is 30.3. The van der Waals surface area contributed by atoms with E-state index in [0.717, 1.165) is 0 Å². The van der Waals surface area contributed by atoms with Crippen molar-refractivity contribution in [2.24, 2.45) is 5.73 Å². The van der Waals surface area contributed by atoms with Gasteiger partial charge in [0.25, 0.3) is 0 Å². The van der Waals surface area contributed by atoms with Gasteiger partial charge in [0, 0.05) is 25.7 Å². The maximum absolute atomic E-state index is 14.0. The summed E-state index contributed by atoms with van der Waals surface area (Å²) in [6.45, 7) is -0.370. The number of nitrogens with two attached hydrogens (primary N) is 1. The van der Waals surface area contributed by atoms with Crippen molar-refractivity contribution in [1.29, 1.82) is 0 Å². The van der Waals surface area contributed by atoms with Crippen LogP contribution in [0.3, 0.4) is 0 Å². The largest absolute Gasteiger partial charge is 0.508 e. The van der Waals surface area contributed by atoms with Crippen molar-refractivity contribution >= 4 is 29.6 Å². The molecule has 12 heteroatoms. The molecule has 0 radical (unpaired) electrons. The number of hydrogen-bond donors (Lipinski definition) is 7. The van der Waals surface area contributed by atoms with Gasteiger partial charge in [-0.1, -0.05) is 103 Å². The van der Waals surface area contributed by atoms with Crippen LogP contribution in [-0.2, 0) is 49.7 Å². The molecule has 4 aromatic rings. The van der Waals surface area contributed by atoms with E-state index in [9.17, 15) is 34.2 Å². The second-order valence-corrected chi connectivity index (χ2v) is 11.8. The van der Waals surface area contributed by atoms with Gasteiger partial charge in [0.1, 0.15) is 29.9 Å². The number of carboxylic acid groups (broad SMARTS) is 1. The maximum atomic E-state index is 14.0. The minimum Gasteiger partial charge on any atom is -0.508 e. The number of nitrogens with one attached hydrogen (secondary N) is 4. The molecule has 0 aliphatic carbocycles. The number of phenolic OH excluding ortho intramolecular Hbond substituents is 1. The van der Waals surface area contributed by atoms with E-state index in [-0.39, 0.29) is 38.0 Å². The Bertz CT molecular complexity index is 1720. The molecule has 260 valence electrons. The van der Waals surface area contributed by atoms with Crippen LogP contribution in [0.1, 0.15) is 22.3 Å². The summed E-state index contributed by atoms with van der Waals surface area (Å²) in [5.74, 6) is -3.87. The van der Waals surface area contributed by atoms with Crippen LogP contribution in [0, 0.1) is 0 Å². The molecule has 4 atom stereocenters. The van der Waals surface area contributed by atoms with E-state index in [4.69, 9.17) is 5.73 Å². The highest BCUT2D eigenvalue weighted by Crippen LogP contribution is 2.13. The Kier molecular flexibility index (Phi) is 13.6. The van der Waals surface area contributed by atoms with Crippen LogP contribution in [-0.4, -0.2) is 70.5 Å². The van der Waals surface area contributed by atoms with Crippen molar-refractivity contribution in [3.63, 3.8) is 0 Å². The summed E-state index contributed by atoms with van der Waals surface area (Å²) in [4.78, 5) is 66.0. The Morgan fingerprint density at radius 1 is 0.480 bits per heavy atom. The van der Waals surface area contributed by atoms with Crippen molar-refractivity contribution in [3.8, 4) is 5.75 Å². The van der Waals surface area contributed by atoms with E-state index < -0.39 is 53.8 Å². The molecule has 50 heavy (non-hydrogen) atoms. The zero-order valence-electron chi connectivity index (χ0n) is 27.3. The number of phenols is 1. The highest BCUT2D eigenvalue weighted by atomic mass is 16.4. The molecule has 0 aromatic heterocycles. The van der Waals surface area contributed by atoms with E-state index >= 15 is 0 Å². The fraction of sp³-hybridized carbons (Fsp3) is 0.237. The Morgan fingerprint density at radius 3 is 1.16 bits per heavy atom. The molecule has 8 N–H and O–H groups in total. The quantitative estimate of drug-likeness (QED) is 0.0874. The number of rotatable bonds is 17. The summed E-state index contributed by atoms with van der Waals surface area (Å²) >= 11 is 0. The fourth-order valence-corrected chi connectivity index (χ4v) is 5.32. The van der Waals surface area contributed by atoms with Gasteiger partial charge in [0.15, 0.2) is 0 Å². The number of amides is 4. The third-order valence-corrected chi connectivity index (χ3v) is 7.94. The summed E-state index contributed by atoms with van der Waals surface area (Å²) in [7, 11) is 0. The molecule has 4 amide bonds. The van der Waals surface area contributed by atoms with Crippen LogP contribution in [0.2, 0.25) is 0 Å². The molecule has 0 heterocycles. The molecule has 0 fully saturated rings. The number of hydrogen-bond acceptors (Lipinski definition) is 7. The lowest BCUT2D eigenvalue weighted by Gasteiger charge is -2.26. The SMILES string of the molecule is NCC(=O)N[C@H](Cc1ccc(O)cc1)C(=O)N[C@H](Cc1ccccc1)C(=O)N[C@H](Cc1ccccc1)C(=O)N[C@H](Cc1ccccc1)C(=O)O. The number of carbonyl (C=O) groups excluding carboxylic acids is 4. The van der Waals surface area contributed by atoms with Crippen LogP contribution >= 0.6 is 0 Å². The normalized spacial score (nSPS) is 13.1. The standard InChI is InChI=1S/C38H41N5O7/c39-24-34(45)40-30(22-28-16-18-29(44)19-17-28)35(46)41-31(20-25-10-4-1-5-11-25)36(47)42-32(21-26-12-6-2-7-13-26)37(48)43-33(38(49)50)23-27-14-8-3-9-15-27/h1-19,30-33,44H,20-24,39H2,(H,40,45)(H,41,46)(H,42,47)(H,43,48)(H,49,50)/t30-,31-,32-,33-/m1/s1. The fourth-order valence-electron chi connectivity index (χ4n) is 5.32. The molecular weight excluding hydrogens is 638 g/mol. The first kappa shape index (κ1) is 36.8. The van der Waals surface area contributed by atoms with Gasteiger partial charge in [-0.3, -0.25) is 19.2 Å². The van der Waals surface area contributed by atoms with Gasteiger partial charge < -0.3 is 37.2 Å². The van der Waals surface area contributed by atoms with E-state index in [0.29, 0.717) is 22.3 Å². The van der Waals surface area contributed by atoms with E-state index in [1.807, 2.05) is 6.07 Å². The van der Waals surface area contributed by atoms with Gasteiger partial charge in [-0.2, -0.15) is 0 Å².